The molecule has 8 aromatic carbocycles. The fourth-order valence-electron chi connectivity index (χ4n) is 8.97. The van der Waals surface area contributed by atoms with Gasteiger partial charge >= 0.3 is 0 Å². The maximum Gasteiger partial charge on any atom is 0.135 e. The fourth-order valence-corrected chi connectivity index (χ4v) is 8.97. The van der Waals surface area contributed by atoms with Crippen molar-refractivity contribution in [3.8, 4) is 33.4 Å². The minimum absolute atomic E-state index is 0.584. The van der Waals surface area contributed by atoms with Crippen molar-refractivity contribution in [1.82, 2.24) is 0 Å². The third kappa shape index (κ3) is 5.67. The van der Waals surface area contributed by atoms with Crippen LogP contribution in [0.2, 0.25) is 0 Å². The SMILES string of the molecule is c1ccc(-c2ccccc2N(c2ccccc2-c2ccc3oc4ccccc4c3c2)c2ccccc2-c2cccc3cccc(C4CCCCC4)c23)cc1. The van der Waals surface area contributed by atoms with Crippen LogP contribution in [-0.4, -0.2) is 0 Å². The second kappa shape index (κ2) is 13.9. The number of anilines is 3. The molecule has 54 heavy (non-hydrogen) atoms. The van der Waals surface area contributed by atoms with Crippen LogP contribution < -0.4 is 4.90 Å². The summed E-state index contributed by atoms with van der Waals surface area (Å²) < 4.78 is 6.27. The molecule has 2 nitrogen and oxygen atoms in total. The number of para-hydroxylation sites is 4. The summed E-state index contributed by atoms with van der Waals surface area (Å²) in [5, 5.41) is 4.96. The molecule has 0 saturated heterocycles. The van der Waals surface area contributed by atoms with Crippen LogP contribution in [0.15, 0.2) is 186 Å². The summed E-state index contributed by atoms with van der Waals surface area (Å²) in [5.74, 6) is 0.584. The van der Waals surface area contributed by atoms with Gasteiger partial charge in [0.05, 0.1) is 17.1 Å². The number of benzene rings is 8. The molecule has 2 heteroatoms. The van der Waals surface area contributed by atoms with E-state index in [2.05, 4.69) is 181 Å². The lowest BCUT2D eigenvalue weighted by Gasteiger charge is -2.32. The van der Waals surface area contributed by atoms with Crippen LogP contribution in [0, 0.1) is 0 Å². The van der Waals surface area contributed by atoms with Crippen LogP contribution >= 0.6 is 0 Å². The molecule has 0 spiro atoms. The van der Waals surface area contributed by atoms with Gasteiger partial charge in [0.1, 0.15) is 11.2 Å². The van der Waals surface area contributed by atoms with Gasteiger partial charge in [-0.1, -0.05) is 165 Å². The van der Waals surface area contributed by atoms with E-state index in [0.717, 1.165) is 50.1 Å². The fraction of sp³-hybridized carbons (Fsp3) is 0.115. The Morgan fingerprint density at radius 2 is 0.981 bits per heavy atom. The van der Waals surface area contributed by atoms with Crippen LogP contribution in [0.25, 0.3) is 66.1 Å². The van der Waals surface area contributed by atoms with E-state index in [9.17, 15) is 0 Å². The summed E-state index contributed by atoms with van der Waals surface area (Å²) in [6.45, 7) is 0. The molecule has 1 aliphatic rings. The smallest absolute Gasteiger partial charge is 0.135 e. The number of rotatable bonds is 7. The summed E-state index contributed by atoms with van der Waals surface area (Å²) in [4.78, 5) is 2.51. The molecule has 10 rings (SSSR count). The quantitative estimate of drug-likeness (QED) is 0.165. The highest BCUT2D eigenvalue weighted by Gasteiger charge is 2.25. The highest BCUT2D eigenvalue weighted by atomic mass is 16.3. The molecule has 1 aromatic heterocycles. The molecule has 1 saturated carbocycles. The number of furan rings is 1. The maximum atomic E-state index is 6.27. The Bertz CT molecular complexity index is 2760. The Labute approximate surface area is 316 Å². The van der Waals surface area contributed by atoms with E-state index < -0.39 is 0 Å². The molecule has 0 atom stereocenters. The Balaban J connectivity index is 1.24. The van der Waals surface area contributed by atoms with E-state index in [4.69, 9.17) is 4.42 Å². The minimum atomic E-state index is 0.584. The largest absolute Gasteiger partial charge is 0.456 e. The zero-order valence-corrected chi connectivity index (χ0v) is 30.3. The highest BCUT2D eigenvalue weighted by molar-refractivity contribution is 6.08. The topological polar surface area (TPSA) is 16.4 Å². The molecule has 9 aromatic rings. The second-order valence-corrected chi connectivity index (χ2v) is 14.6. The summed E-state index contributed by atoms with van der Waals surface area (Å²) in [6.07, 6.45) is 6.47. The Hall–Kier alpha value is -6.38. The van der Waals surface area contributed by atoms with Crippen LogP contribution in [0.3, 0.4) is 0 Å². The summed E-state index contributed by atoms with van der Waals surface area (Å²) >= 11 is 0. The normalized spacial score (nSPS) is 13.5. The predicted octanol–water partition coefficient (Wildman–Crippen LogP) is 15.3. The van der Waals surface area contributed by atoms with Crippen LogP contribution in [0.4, 0.5) is 17.1 Å². The zero-order chi connectivity index (χ0) is 35.8. The van der Waals surface area contributed by atoms with E-state index in [0.29, 0.717) is 5.92 Å². The summed E-state index contributed by atoms with van der Waals surface area (Å²) in [5.41, 5.74) is 13.9. The van der Waals surface area contributed by atoms with Crippen LogP contribution in [0.5, 0.6) is 0 Å². The molecule has 260 valence electrons. The standard InChI is InChI=1S/C52H41NO/c1-3-17-36(18-4-1)40-23-7-11-29-47(40)53(48-30-12-8-24-41(48)39-33-34-51-46(35-39)44-26-10-14-32-50(44)54-51)49-31-13-9-25-43(49)45-28-16-22-38-21-15-27-42(52(38)45)37-19-5-2-6-20-37/h1,3-4,7-18,21-35,37H,2,5-6,19-20H2. The van der Waals surface area contributed by atoms with Gasteiger partial charge in [-0.05, 0) is 88.2 Å². The molecule has 1 heterocycles. The van der Waals surface area contributed by atoms with Gasteiger partial charge in [-0.3, -0.25) is 0 Å². The monoisotopic (exact) mass is 695 g/mol. The molecular weight excluding hydrogens is 655 g/mol. The van der Waals surface area contributed by atoms with Gasteiger partial charge < -0.3 is 9.32 Å². The van der Waals surface area contributed by atoms with Gasteiger partial charge in [-0.15, -0.1) is 0 Å². The average Bonchev–Trinajstić information content (AvgIpc) is 3.63. The molecule has 0 bridgehead atoms. The van der Waals surface area contributed by atoms with Crippen LogP contribution in [0.1, 0.15) is 43.6 Å². The Kier molecular flexibility index (Phi) is 8.30. The van der Waals surface area contributed by atoms with Crippen molar-refractivity contribution in [3.63, 3.8) is 0 Å². The highest BCUT2D eigenvalue weighted by Crippen LogP contribution is 2.49. The van der Waals surface area contributed by atoms with Gasteiger partial charge in [-0.2, -0.15) is 0 Å². The first-order chi connectivity index (χ1) is 26.8. The second-order valence-electron chi connectivity index (χ2n) is 14.6. The molecule has 0 amide bonds. The van der Waals surface area contributed by atoms with Crippen molar-refractivity contribution >= 4 is 49.8 Å². The van der Waals surface area contributed by atoms with Crippen molar-refractivity contribution in [2.45, 2.75) is 38.0 Å². The van der Waals surface area contributed by atoms with E-state index in [1.54, 1.807) is 0 Å². The van der Waals surface area contributed by atoms with E-state index >= 15 is 0 Å². The third-order valence-corrected chi connectivity index (χ3v) is 11.5. The Morgan fingerprint density at radius 1 is 0.407 bits per heavy atom. The van der Waals surface area contributed by atoms with Gasteiger partial charge in [0.25, 0.3) is 0 Å². The lowest BCUT2D eigenvalue weighted by Crippen LogP contribution is -2.13. The van der Waals surface area contributed by atoms with Crippen molar-refractivity contribution < 1.29 is 4.42 Å². The van der Waals surface area contributed by atoms with Crippen molar-refractivity contribution in [1.29, 1.82) is 0 Å². The van der Waals surface area contributed by atoms with Crippen molar-refractivity contribution in [2.75, 3.05) is 4.90 Å². The van der Waals surface area contributed by atoms with E-state index in [-0.39, 0.29) is 0 Å². The van der Waals surface area contributed by atoms with Gasteiger partial charge in [0, 0.05) is 27.5 Å². The lowest BCUT2D eigenvalue weighted by atomic mass is 9.80. The predicted molar refractivity (Wildman–Crippen MR) is 228 cm³/mol. The minimum Gasteiger partial charge on any atom is -0.456 e. The zero-order valence-electron chi connectivity index (χ0n) is 30.3. The maximum absolute atomic E-state index is 6.27. The van der Waals surface area contributed by atoms with Crippen molar-refractivity contribution in [2.24, 2.45) is 0 Å². The lowest BCUT2D eigenvalue weighted by molar-refractivity contribution is 0.445. The first-order valence-electron chi connectivity index (χ1n) is 19.4. The first-order valence-corrected chi connectivity index (χ1v) is 19.4. The molecule has 0 N–H and O–H groups in total. The van der Waals surface area contributed by atoms with E-state index in [1.165, 1.54) is 70.7 Å². The third-order valence-electron chi connectivity index (χ3n) is 11.5. The molecular formula is C52H41NO. The average molecular weight is 696 g/mol. The van der Waals surface area contributed by atoms with Gasteiger partial charge in [-0.25, -0.2) is 0 Å². The van der Waals surface area contributed by atoms with Crippen molar-refractivity contribution in [3.05, 3.63) is 188 Å². The summed E-state index contributed by atoms with van der Waals surface area (Å²) in [6, 6.07) is 66.3. The Morgan fingerprint density at radius 3 is 1.74 bits per heavy atom. The number of fused-ring (bicyclic) bond motifs is 4. The molecule has 1 aliphatic carbocycles. The van der Waals surface area contributed by atoms with E-state index in [1.807, 2.05) is 6.07 Å². The number of nitrogens with zero attached hydrogens (tertiary/aromatic N) is 1. The molecule has 0 aliphatic heterocycles. The van der Waals surface area contributed by atoms with Gasteiger partial charge in [0.15, 0.2) is 0 Å². The summed E-state index contributed by atoms with van der Waals surface area (Å²) in [7, 11) is 0. The van der Waals surface area contributed by atoms with Crippen LogP contribution in [-0.2, 0) is 0 Å². The molecule has 1 fully saturated rings. The molecule has 0 radical (unpaired) electrons. The number of hydrogen-bond donors (Lipinski definition) is 0. The number of hydrogen-bond acceptors (Lipinski definition) is 2. The first kappa shape index (κ1) is 32.3. The van der Waals surface area contributed by atoms with Gasteiger partial charge in [0.2, 0.25) is 0 Å². The molecule has 0 unspecified atom stereocenters.